The van der Waals surface area contributed by atoms with E-state index < -0.39 is 0 Å². The molecular weight excluding hydrogens is 240 g/mol. The van der Waals surface area contributed by atoms with Gasteiger partial charge in [-0.3, -0.25) is 4.79 Å². The highest BCUT2D eigenvalue weighted by Crippen LogP contribution is 2.16. The number of rotatable bonds is 8. The van der Waals surface area contributed by atoms with Gasteiger partial charge in [0.1, 0.15) is 5.75 Å². The van der Waals surface area contributed by atoms with Crippen LogP contribution in [0.5, 0.6) is 5.75 Å². The number of para-hydroxylation sites is 1. The van der Waals surface area contributed by atoms with E-state index in [1.54, 1.807) is 19.2 Å². The van der Waals surface area contributed by atoms with Gasteiger partial charge in [0.15, 0.2) is 0 Å². The van der Waals surface area contributed by atoms with Crippen molar-refractivity contribution in [1.29, 1.82) is 0 Å². The number of amides is 1. The predicted molar refractivity (Wildman–Crippen MR) is 77.7 cm³/mol. The van der Waals surface area contributed by atoms with Crippen LogP contribution in [0.3, 0.4) is 0 Å². The molecule has 1 aromatic carbocycles. The molecule has 0 aromatic heterocycles. The lowest BCUT2D eigenvalue weighted by Crippen LogP contribution is -2.30. The van der Waals surface area contributed by atoms with Gasteiger partial charge in [-0.05, 0) is 38.2 Å². The lowest BCUT2D eigenvalue weighted by Gasteiger charge is -2.17. The molecule has 4 nitrogen and oxygen atoms in total. The first-order valence-electron chi connectivity index (χ1n) is 6.86. The second-order valence-electron chi connectivity index (χ2n) is 4.34. The van der Waals surface area contributed by atoms with Crippen LogP contribution in [-0.2, 0) is 0 Å². The van der Waals surface area contributed by atoms with E-state index in [1.807, 2.05) is 12.1 Å². The van der Waals surface area contributed by atoms with Gasteiger partial charge in [0, 0.05) is 6.54 Å². The predicted octanol–water partition coefficient (Wildman–Crippen LogP) is 2.16. The van der Waals surface area contributed by atoms with Crippen molar-refractivity contribution in [1.82, 2.24) is 10.2 Å². The minimum absolute atomic E-state index is 0.0722. The molecule has 0 bridgehead atoms. The zero-order valence-corrected chi connectivity index (χ0v) is 12.1. The summed E-state index contributed by atoms with van der Waals surface area (Å²) in [7, 11) is 1.58. The van der Waals surface area contributed by atoms with Gasteiger partial charge >= 0.3 is 0 Å². The van der Waals surface area contributed by atoms with Crippen LogP contribution in [0.4, 0.5) is 0 Å². The van der Waals surface area contributed by atoms with Gasteiger partial charge in [0.05, 0.1) is 12.7 Å². The number of hydrogen-bond donors (Lipinski definition) is 1. The second-order valence-corrected chi connectivity index (χ2v) is 4.34. The van der Waals surface area contributed by atoms with Crippen LogP contribution in [0.2, 0.25) is 0 Å². The smallest absolute Gasteiger partial charge is 0.255 e. The Kier molecular flexibility index (Phi) is 6.97. The van der Waals surface area contributed by atoms with E-state index in [0.717, 1.165) is 26.1 Å². The van der Waals surface area contributed by atoms with Crippen molar-refractivity contribution < 1.29 is 9.53 Å². The molecule has 19 heavy (non-hydrogen) atoms. The Morgan fingerprint density at radius 2 is 1.95 bits per heavy atom. The summed E-state index contributed by atoms with van der Waals surface area (Å²) >= 11 is 0. The van der Waals surface area contributed by atoms with E-state index in [1.165, 1.54) is 0 Å². The van der Waals surface area contributed by atoms with Gasteiger partial charge in [0.25, 0.3) is 5.91 Å². The normalized spacial score (nSPS) is 10.5. The van der Waals surface area contributed by atoms with Gasteiger partial charge in [-0.25, -0.2) is 0 Å². The van der Waals surface area contributed by atoms with Crippen LogP contribution >= 0.6 is 0 Å². The number of carbonyl (C=O) groups is 1. The van der Waals surface area contributed by atoms with Gasteiger partial charge in [0.2, 0.25) is 0 Å². The molecule has 0 radical (unpaired) electrons. The van der Waals surface area contributed by atoms with Crippen LogP contribution in [0.1, 0.15) is 30.6 Å². The molecule has 0 aliphatic rings. The first-order valence-corrected chi connectivity index (χ1v) is 6.86. The Hall–Kier alpha value is -1.55. The first-order chi connectivity index (χ1) is 9.22. The third kappa shape index (κ3) is 4.91. The number of hydrogen-bond acceptors (Lipinski definition) is 3. The molecule has 0 saturated heterocycles. The summed E-state index contributed by atoms with van der Waals surface area (Å²) in [4.78, 5) is 14.3. The van der Waals surface area contributed by atoms with Crippen molar-refractivity contribution in [2.75, 3.05) is 33.3 Å². The summed E-state index contributed by atoms with van der Waals surface area (Å²) in [5, 5.41) is 2.93. The third-order valence-corrected chi connectivity index (χ3v) is 3.18. The fourth-order valence-electron chi connectivity index (χ4n) is 1.97. The summed E-state index contributed by atoms with van der Waals surface area (Å²) in [5.74, 6) is 0.542. The lowest BCUT2D eigenvalue weighted by molar-refractivity contribution is 0.0949. The van der Waals surface area contributed by atoms with Crippen molar-refractivity contribution in [2.24, 2.45) is 0 Å². The molecule has 1 rings (SSSR count). The summed E-state index contributed by atoms with van der Waals surface area (Å²) in [5.41, 5.74) is 0.591. The van der Waals surface area contributed by atoms with Crippen molar-refractivity contribution in [3.63, 3.8) is 0 Å². The average Bonchev–Trinajstić information content (AvgIpc) is 2.47. The molecule has 0 saturated carbocycles. The zero-order chi connectivity index (χ0) is 14.1. The molecule has 4 heteroatoms. The minimum Gasteiger partial charge on any atom is -0.496 e. The number of benzene rings is 1. The Morgan fingerprint density at radius 3 is 2.58 bits per heavy atom. The molecule has 0 aliphatic carbocycles. The van der Waals surface area contributed by atoms with Crippen LogP contribution in [0.25, 0.3) is 0 Å². The summed E-state index contributed by atoms with van der Waals surface area (Å²) in [6, 6.07) is 7.27. The Morgan fingerprint density at radius 1 is 1.26 bits per heavy atom. The third-order valence-electron chi connectivity index (χ3n) is 3.18. The second kappa shape index (κ2) is 8.53. The van der Waals surface area contributed by atoms with Gasteiger partial charge in [-0.1, -0.05) is 26.0 Å². The number of nitrogens with one attached hydrogen (secondary N) is 1. The van der Waals surface area contributed by atoms with E-state index in [2.05, 4.69) is 24.1 Å². The largest absolute Gasteiger partial charge is 0.496 e. The number of nitrogens with zero attached hydrogens (tertiary/aromatic N) is 1. The van der Waals surface area contributed by atoms with E-state index in [0.29, 0.717) is 17.9 Å². The van der Waals surface area contributed by atoms with E-state index in [-0.39, 0.29) is 5.91 Å². The topological polar surface area (TPSA) is 41.6 Å². The lowest BCUT2D eigenvalue weighted by atomic mass is 10.2. The fourth-order valence-corrected chi connectivity index (χ4v) is 1.97. The van der Waals surface area contributed by atoms with Crippen LogP contribution in [0, 0.1) is 0 Å². The molecule has 0 unspecified atom stereocenters. The monoisotopic (exact) mass is 264 g/mol. The van der Waals surface area contributed by atoms with Gasteiger partial charge in [-0.15, -0.1) is 0 Å². The van der Waals surface area contributed by atoms with Crippen molar-refractivity contribution >= 4 is 5.91 Å². The van der Waals surface area contributed by atoms with Crippen molar-refractivity contribution in [3.8, 4) is 5.75 Å². The quantitative estimate of drug-likeness (QED) is 0.732. The molecule has 0 atom stereocenters. The van der Waals surface area contributed by atoms with Crippen LogP contribution < -0.4 is 10.1 Å². The maximum absolute atomic E-state index is 12.0. The molecule has 1 N–H and O–H groups in total. The average molecular weight is 264 g/mol. The molecule has 106 valence electrons. The maximum atomic E-state index is 12.0. The SMILES string of the molecule is CCN(CC)CCCNC(=O)c1ccccc1OC. The molecule has 0 aliphatic heterocycles. The first kappa shape index (κ1) is 15.5. The number of carbonyl (C=O) groups excluding carboxylic acids is 1. The standard InChI is InChI=1S/C15H24N2O2/c1-4-17(5-2)12-8-11-16-15(18)13-9-6-7-10-14(13)19-3/h6-7,9-10H,4-5,8,11-12H2,1-3H3,(H,16,18). The Bertz CT molecular complexity index is 389. The number of methoxy groups -OCH3 is 1. The highest BCUT2D eigenvalue weighted by Gasteiger charge is 2.10. The molecule has 0 fully saturated rings. The molecular formula is C15H24N2O2. The van der Waals surface area contributed by atoms with Crippen LogP contribution in [-0.4, -0.2) is 44.1 Å². The summed E-state index contributed by atoms with van der Waals surface area (Å²) in [6.07, 6.45) is 0.961. The Labute approximate surface area is 115 Å². The summed E-state index contributed by atoms with van der Waals surface area (Å²) in [6.45, 7) is 8.11. The maximum Gasteiger partial charge on any atom is 0.255 e. The summed E-state index contributed by atoms with van der Waals surface area (Å²) < 4.78 is 5.18. The minimum atomic E-state index is -0.0722. The molecule has 0 spiro atoms. The molecule has 1 aromatic rings. The fraction of sp³-hybridized carbons (Fsp3) is 0.533. The highest BCUT2D eigenvalue weighted by molar-refractivity contribution is 5.96. The molecule has 0 heterocycles. The van der Waals surface area contributed by atoms with Crippen molar-refractivity contribution in [2.45, 2.75) is 20.3 Å². The van der Waals surface area contributed by atoms with Crippen molar-refractivity contribution in [3.05, 3.63) is 29.8 Å². The number of ether oxygens (including phenoxy) is 1. The highest BCUT2D eigenvalue weighted by atomic mass is 16.5. The molecule has 1 amide bonds. The van der Waals surface area contributed by atoms with E-state index >= 15 is 0 Å². The Balaban J connectivity index is 2.39. The van der Waals surface area contributed by atoms with Crippen LogP contribution in [0.15, 0.2) is 24.3 Å². The van der Waals surface area contributed by atoms with E-state index in [9.17, 15) is 4.79 Å². The zero-order valence-electron chi connectivity index (χ0n) is 12.1. The van der Waals surface area contributed by atoms with Gasteiger partial charge < -0.3 is 15.0 Å². The van der Waals surface area contributed by atoms with E-state index in [4.69, 9.17) is 4.74 Å². The van der Waals surface area contributed by atoms with Gasteiger partial charge in [-0.2, -0.15) is 0 Å².